The third kappa shape index (κ3) is 3.59. The number of rotatable bonds is 3. The van der Waals surface area contributed by atoms with Gasteiger partial charge in [-0.05, 0) is 31.6 Å². The first-order valence-electron chi connectivity index (χ1n) is 5.01. The summed E-state index contributed by atoms with van der Waals surface area (Å²) >= 11 is 0. The Bertz CT molecular complexity index is 153. The van der Waals surface area contributed by atoms with E-state index in [-0.39, 0.29) is 24.9 Å². The molecule has 1 rings (SSSR count). The van der Waals surface area contributed by atoms with Gasteiger partial charge >= 0.3 is 0 Å². The SMILES string of the molecule is CC(F)(F)CC1CCCCC1CO. The molecular weight excluding hydrogens is 174 g/mol. The Morgan fingerprint density at radius 1 is 1.23 bits per heavy atom. The van der Waals surface area contributed by atoms with Gasteiger partial charge in [0.05, 0.1) is 0 Å². The van der Waals surface area contributed by atoms with E-state index in [0.29, 0.717) is 0 Å². The van der Waals surface area contributed by atoms with Crippen molar-refractivity contribution < 1.29 is 13.9 Å². The molecule has 78 valence electrons. The van der Waals surface area contributed by atoms with Crippen molar-refractivity contribution in [2.45, 2.75) is 45.0 Å². The number of alkyl halides is 2. The maximum atomic E-state index is 12.7. The topological polar surface area (TPSA) is 20.2 Å². The summed E-state index contributed by atoms with van der Waals surface area (Å²) in [5, 5.41) is 9.01. The van der Waals surface area contributed by atoms with Crippen molar-refractivity contribution in [2.24, 2.45) is 11.8 Å². The second-order valence-electron chi connectivity index (χ2n) is 4.26. The summed E-state index contributed by atoms with van der Waals surface area (Å²) in [5.74, 6) is -2.44. The van der Waals surface area contributed by atoms with Gasteiger partial charge in [0.25, 0.3) is 0 Å². The summed E-state index contributed by atoms with van der Waals surface area (Å²) < 4.78 is 25.5. The predicted octanol–water partition coefficient (Wildman–Crippen LogP) is 2.83. The molecule has 2 unspecified atom stereocenters. The Kier molecular flexibility index (Phi) is 3.65. The van der Waals surface area contributed by atoms with Crippen molar-refractivity contribution in [2.75, 3.05) is 6.61 Å². The Labute approximate surface area is 78.1 Å². The maximum Gasteiger partial charge on any atom is 0.245 e. The maximum absolute atomic E-state index is 12.7. The van der Waals surface area contributed by atoms with Crippen molar-refractivity contribution in [3.8, 4) is 0 Å². The molecule has 1 aliphatic rings. The van der Waals surface area contributed by atoms with Crippen LogP contribution in [0.5, 0.6) is 0 Å². The highest BCUT2D eigenvalue weighted by Gasteiger charge is 2.32. The summed E-state index contributed by atoms with van der Waals surface area (Å²) in [5.41, 5.74) is 0. The van der Waals surface area contributed by atoms with Crippen LogP contribution in [0.3, 0.4) is 0 Å². The van der Waals surface area contributed by atoms with E-state index in [2.05, 4.69) is 0 Å². The molecule has 0 heterocycles. The molecule has 0 saturated heterocycles. The first-order chi connectivity index (χ1) is 6.03. The summed E-state index contributed by atoms with van der Waals surface area (Å²) in [7, 11) is 0. The molecule has 0 aromatic heterocycles. The van der Waals surface area contributed by atoms with Crippen LogP contribution in [0.2, 0.25) is 0 Å². The van der Waals surface area contributed by atoms with Gasteiger partial charge in [-0.15, -0.1) is 0 Å². The number of hydrogen-bond donors (Lipinski definition) is 1. The fourth-order valence-electron chi connectivity index (χ4n) is 2.25. The van der Waals surface area contributed by atoms with Gasteiger partial charge in [-0.25, -0.2) is 8.78 Å². The molecule has 0 aliphatic heterocycles. The van der Waals surface area contributed by atoms with Crippen molar-refractivity contribution in [3.63, 3.8) is 0 Å². The first kappa shape index (κ1) is 10.9. The van der Waals surface area contributed by atoms with Gasteiger partial charge in [0.15, 0.2) is 0 Å². The van der Waals surface area contributed by atoms with E-state index in [1.165, 1.54) is 0 Å². The van der Waals surface area contributed by atoms with E-state index in [1.807, 2.05) is 0 Å². The molecule has 1 fully saturated rings. The van der Waals surface area contributed by atoms with Gasteiger partial charge in [0, 0.05) is 13.0 Å². The standard InChI is InChI=1S/C10H18F2O/c1-10(11,12)6-8-4-2-3-5-9(8)7-13/h8-9,13H,2-7H2,1H3. The molecule has 0 aromatic rings. The number of aliphatic hydroxyl groups excluding tert-OH is 1. The van der Waals surface area contributed by atoms with E-state index in [0.717, 1.165) is 32.6 Å². The zero-order valence-electron chi connectivity index (χ0n) is 8.10. The average molecular weight is 192 g/mol. The predicted molar refractivity (Wildman–Crippen MR) is 47.8 cm³/mol. The normalized spacial score (nSPS) is 30.5. The Hall–Kier alpha value is -0.180. The zero-order chi connectivity index (χ0) is 9.90. The van der Waals surface area contributed by atoms with Crippen molar-refractivity contribution in [1.29, 1.82) is 0 Å². The van der Waals surface area contributed by atoms with Crippen LogP contribution >= 0.6 is 0 Å². The van der Waals surface area contributed by atoms with Crippen molar-refractivity contribution >= 4 is 0 Å². The smallest absolute Gasteiger partial charge is 0.245 e. The van der Waals surface area contributed by atoms with E-state index in [4.69, 9.17) is 5.11 Å². The molecule has 2 atom stereocenters. The lowest BCUT2D eigenvalue weighted by atomic mass is 9.77. The van der Waals surface area contributed by atoms with Gasteiger partial charge in [-0.1, -0.05) is 12.8 Å². The van der Waals surface area contributed by atoms with Gasteiger partial charge < -0.3 is 5.11 Å². The highest BCUT2D eigenvalue weighted by atomic mass is 19.3. The molecule has 0 amide bonds. The van der Waals surface area contributed by atoms with Crippen LogP contribution in [0.4, 0.5) is 8.78 Å². The zero-order valence-corrected chi connectivity index (χ0v) is 8.10. The van der Waals surface area contributed by atoms with Gasteiger partial charge in [-0.3, -0.25) is 0 Å². The Morgan fingerprint density at radius 2 is 1.77 bits per heavy atom. The van der Waals surface area contributed by atoms with Crippen LogP contribution in [0, 0.1) is 11.8 Å². The molecule has 0 radical (unpaired) electrons. The third-order valence-electron chi connectivity index (χ3n) is 2.92. The van der Waals surface area contributed by atoms with Gasteiger partial charge in [-0.2, -0.15) is 0 Å². The van der Waals surface area contributed by atoms with E-state index in [9.17, 15) is 8.78 Å². The van der Waals surface area contributed by atoms with Crippen LogP contribution in [0.25, 0.3) is 0 Å². The third-order valence-corrected chi connectivity index (χ3v) is 2.92. The number of hydrogen-bond acceptors (Lipinski definition) is 1. The van der Waals surface area contributed by atoms with Gasteiger partial charge in [0.2, 0.25) is 5.92 Å². The minimum atomic E-state index is -2.57. The summed E-state index contributed by atoms with van der Waals surface area (Å²) in [6, 6.07) is 0. The molecule has 1 aliphatic carbocycles. The monoisotopic (exact) mass is 192 g/mol. The molecule has 1 saturated carbocycles. The quantitative estimate of drug-likeness (QED) is 0.729. The lowest BCUT2D eigenvalue weighted by molar-refractivity contribution is -0.0248. The minimum Gasteiger partial charge on any atom is -0.396 e. The summed E-state index contributed by atoms with van der Waals surface area (Å²) in [6.45, 7) is 1.04. The van der Waals surface area contributed by atoms with Crippen LogP contribution in [-0.4, -0.2) is 17.6 Å². The second-order valence-corrected chi connectivity index (χ2v) is 4.26. The van der Waals surface area contributed by atoms with Gasteiger partial charge in [0.1, 0.15) is 0 Å². The fourth-order valence-corrected chi connectivity index (χ4v) is 2.25. The fraction of sp³-hybridized carbons (Fsp3) is 1.00. The second kappa shape index (κ2) is 4.36. The van der Waals surface area contributed by atoms with E-state index in [1.54, 1.807) is 0 Å². The van der Waals surface area contributed by atoms with Crippen LogP contribution in [0.1, 0.15) is 39.0 Å². The van der Waals surface area contributed by atoms with Crippen LogP contribution < -0.4 is 0 Å². The number of aliphatic hydroxyl groups is 1. The molecule has 13 heavy (non-hydrogen) atoms. The summed E-state index contributed by atoms with van der Waals surface area (Å²) in [6.07, 6.45) is 3.83. The van der Waals surface area contributed by atoms with Crippen molar-refractivity contribution in [1.82, 2.24) is 0 Å². The summed E-state index contributed by atoms with van der Waals surface area (Å²) in [4.78, 5) is 0. The molecule has 1 nitrogen and oxygen atoms in total. The molecule has 0 aromatic carbocycles. The van der Waals surface area contributed by atoms with E-state index >= 15 is 0 Å². The first-order valence-corrected chi connectivity index (χ1v) is 5.01. The average Bonchev–Trinajstić information content (AvgIpc) is 2.02. The molecule has 1 N–H and O–H groups in total. The lowest BCUT2D eigenvalue weighted by Gasteiger charge is -2.31. The Morgan fingerprint density at radius 3 is 2.23 bits per heavy atom. The number of halogens is 2. The van der Waals surface area contributed by atoms with Crippen molar-refractivity contribution in [3.05, 3.63) is 0 Å². The Balaban J connectivity index is 2.45. The minimum absolute atomic E-state index is 0.0266. The van der Waals surface area contributed by atoms with Crippen LogP contribution in [-0.2, 0) is 0 Å². The molecule has 3 heteroatoms. The molecular formula is C10H18F2O. The molecule has 0 spiro atoms. The van der Waals surface area contributed by atoms with Crippen LogP contribution in [0.15, 0.2) is 0 Å². The van der Waals surface area contributed by atoms with E-state index < -0.39 is 5.92 Å². The molecule has 0 bridgehead atoms. The highest BCUT2D eigenvalue weighted by Crippen LogP contribution is 2.36. The largest absolute Gasteiger partial charge is 0.396 e. The highest BCUT2D eigenvalue weighted by molar-refractivity contribution is 4.78. The lowest BCUT2D eigenvalue weighted by Crippen LogP contribution is -2.28.